The zero-order chi connectivity index (χ0) is 12.1. The van der Waals surface area contributed by atoms with E-state index in [4.69, 9.17) is 5.11 Å². The number of carbonyl (C=O) groups is 1. The lowest BCUT2D eigenvalue weighted by Crippen LogP contribution is -2.52. The first-order valence-corrected chi connectivity index (χ1v) is 6.99. The summed E-state index contributed by atoms with van der Waals surface area (Å²) in [6, 6.07) is 0.763. The first kappa shape index (κ1) is 12.7. The van der Waals surface area contributed by atoms with Gasteiger partial charge in [-0.25, -0.2) is 4.79 Å². The molecule has 0 aromatic heterocycles. The Bertz CT molecular complexity index is 248. The molecule has 17 heavy (non-hydrogen) atoms. The highest BCUT2D eigenvalue weighted by molar-refractivity contribution is 5.75. The average molecular weight is 240 g/mol. The summed E-state index contributed by atoms with van der Waals surface area (Å²) in [5, 5.41) is 12.2. The van der Waals surface area contributed by atoms with E-state index in [9.17, 15) is 4.79 Å². The van der Waals surface area contributed by atoms with Crippen LogP contribution in [0, 0.1) is 0 Å². The molecule has 4 heteroatoms. The minimum absolute atomic E-state index is 0.0376. The molecule has 0 heterocycles. The lowest BCUT2D eigenvalue weighted by molar-refractivity contribution is 0.128. The summed E-state index contributed by atoms with van der Waals surface area (Å²) >= 11 is 0. The normalized spacial score (nSPS) is 21.9. The maximum absolute atomic E-state index is 12.1. The van der Waals surface area contributed by atoms with E-state index in [-0.39, 0.29) is 12.6 Å². The topological polar surface area (TPSA) is 52.6 Å². The number of hydrogen-bond acceptors (Lipinski definition) is 2. The molecule has 0 aliphatic heterocycles. The fourth-order valence-electron chi connectivity index (χ4n) is 2.76. The molecule has 4 nitrogen and oxygen atoms in total. The number of nitrogens with one attached hydrogen (secondary N) is 1. The van der Waals surface area contributed by atoms with Crippen LogP contribution >= 0.6 is 0 Å². The summed E-state index contributed by atoms with van der Waals surface area (Å²) < 4.78 is 0. The number of urea groups is 1. The predicted molar refractivity (Wildman–Crippen MR) is 66.8 cm³/mol. The molecule has 0 saturated heterocycles. The SMILES string of the molecule is O=C(NC1CCC1)N(CCO)C1CCCCC1. The second kappa shape index (κ2) is 6.24. The first-order chi connectivity index (χ1) is 8.31. The second-order valence-electron chi connectivity index (χ2n) is 5.29. The lowest BCUT2D eigenvalue weighted by atomic mass is 9.92. The molecule has 0 radical (unpaired) electrons. The van der Waals surface area contributed by atoms with Crippen molar-refractivity contribution in [1.29, 1.82) is 0 Å². The van der Waals surface area contributed by atoms with Gasteiger partial charge in [0.15, 0.2) is 0 Å². The summed E-state index contributed by atoms with van der Waals surface area (Å²) in [6.07, 6.45) is 9.36. The second-order valence-corrected chi connectivity index (χ2v) is 5.29. The Labute approximate surface area is 103 Å². The van der Waals surface area contributed by atoms with Crippen LogP contribution in [0.4, 0.5) is 4.79 Å². The van der Waals surface area contributed by atoms with Gasteiger partial charge in [0.2, 0.25) is 0 Å². The summed E-state index contributed by atoms with van der Waals surface area (Å²) in [4.78, 5) is 14.0. The zero-order valence-electron chi connectivity index (χ0n) is 10.5. The van der Waals surface area contributed by atoms with Crippen LogP contribution in [0.15, 0.2) is 0 Å². The van der Waals surface area contributed by atoms with Gasteiger partial charge in [-0.1, -0.05) is 19.3 Å². The quantitative estimate of drug-likeness (QED) is 0.788. The Kier molecular flexibility index (Phi) is 4.66. The highest BCUT2D eigenvalue weighted by Crippen LogP contribution is 2.23. The zero-order valence-corrected chi connectivity index (χ0v) is 10.5. The molecule has 2 aliphatic carbocycles. The number of nitrogens with zero attached hydrogens (tertiary/aromatic N) is 1. The Morgan fingerprint density at radius 3 is 2.35 bits per heavy atom. The van der Waals surface area contributed by atoms with E-state index in [0.717, 1.165) is 25.7 Å². The third kappa shape index (κ3) is 3.35. The molecule has 0 atom stereocenters. The van der Waals surface area contributed by atoms with Crippen molar-refractivity contribution in [2.75, 3.05) is 13.2 Å². The van der Waals surface area contributed by atoms with Crippen molar-refractivity contribution in [1.82, 2.24) is 10.2 Å². The summed E-state index contributed by atoms with van der Waals surface area (Å²) in [7, 11) is 0. The number of aliphatic hydroxyl groups is 1. The van der Waals surface area contributed by atoms with E-state index in [2.05, 4.69) is 5.32 Å². The van der Waals surface area contributed by atoms with E-state index < -0.39 is 0 Å². The maximum atomic E-state index is 12.1. The summed E-state index contributed by atoms with van der Waals surface area (Å²) in [6.45, 7) is 0.539. The van der Waals surface area contributed by atoms with Crippen molar-refractivity contribution < 1.29 is 9.90 Å². The minimum atomic E-state index is 0.0376. The van der Waals surface area contributed by atoms with Crippen LogP contribution in [0.3, 0.4) is 0 Å². The Morgan fingerprint density at radius 1 is 1.12 bits per heavy atom. The number of aliphatic hydroxyl groups excluding tert-OH is 1. The molecule has 2 rings (SSSR count). The number of rotatable bonds is 4. The van der Waals surface area contributed by atoms with Crippen LogP contribution < -0.4 is 5.32 Å². The van der Waals surface area contributed by atoms with E-state index >= 15 is 0 Å². The first-order valence-electron chi connectivity index (χ1n) is 6.99. The maximum Gasteiger partial charge on any atom is 0.317 e. The van der Waals surface area contributed by atoms with Crippen molar-refractivity contribution in [3.63, 3.8) is 0 Å². The van der Waals surface area contributed by atoms with Crippen molar-refractivity contribution in [2.45, 2.75) is 63.5 Å². The van der Waals surface area contributed by atoms with Gasteiger partial charge in [-0.15, -0.1) is 0 Å². The molecule has 2 amide bonds. The van der Waals surface area contributed by atoms with Crippen LogP contribution in [0.25, 0.3) is 0 Å². The highest BCUT2D eigenvalue weighted by atomic mass is 16.3. The van der Waals surface area contributed by atoms with E-state index in [1.807, 2.05) is 4.90 Å². The summed E-state index contributed by atoms with van der Waals surface area (Å²) in [5.41, 5.74) is 0. The molecule has 98 valence electrons. The Morgan fingerprint density at radius 2 is 1.82 bits per heavy atom. The molecule has 2 saturated carbocycles. The van der Waals surface area contributed by atoms with Crippen LogP contribution in [0.5, 0.6) is 0 Å². The number of amides is 2. The van der Waals surface area contributed by atoms with Gasteiger partial charge in [-0.05, 0) is 32.1 Å². The predicted octanol–water partition coefficient (Wildman–Crippen LogP) is 1.88. The molecule has 0 aromatic rings. The van der Waals surface area contributed by atoms with Gasteiger partial charge >= 0.3 is 6.03 Å². The molecule has 0 aromatic carbocycles. The molecular weight excluding hydrogens is 216 g/mol. The third-order valence-electron chi connectivity index (χ3n) is 4.05. The Hall–Kier alpha value is -0.770. The molecule has 0 unspecified atom stereocenters. The van der Waals surface area contributed by atoms with Gasteiger partial charge < -0.3 is 15.3 Å². The largest absolute Gasteiger partial charge is 0.395 e. The third-order valence-corrected chi connectivity index (χ3v) is 4.05. The van der Waals surface area contributed by atoms with E-state index in [1.165, 1.54) is 25.7 Å². The fourth-order valence-corrected chi connectivity index (χ4v) is 2.76. The smallest absolute Gasteiger partial charge is 0.317 e. The van der Waals surface area contributed by atoms with E-state index in [1.54, 1.807) is 0 Å². The van der Waals surface area contributed by atoms with Crippen molar-refractivity contribution in [3.05, 3.63) is 0 Å². The Balaban J connectivity index is 1.86. The van der Waals surface area contributed by atoms with E-state index in [0.29, 0.717) is 18.6 Å². The molecule has 2 fully saturated rings. The van der Waals surface area contributed by atoms with Crippen molar-refractivity contribution in [2.24, 2.45) is 0 Å². The van der Waals surface area contributed by atoms with Gasteiger partial charge in [-0.2, -0.15) is 0 Å². The van der Waals surface area contributed by atoms with Gasteiger partial charge in [0.05, 0.1) is 6.61 Å². The lowest BCUT2D eigenvalue weighted by Gasteiger charge is -2.36. The van der Waals surface area contributed by atoms with Gasteiger partial charge in [0.25, 0.3) is 0 Å². The fraction of sp³-hybridized carbons (Fsp3) is 0.923. The average Bonchev–Trinajstić information content (AvgIpc) is 2.31. The van der Waals surface area contributed by atoms with Crippen molar-refractivity contribution >= 4 is 6.03 Å². The van der Waals surface area contributed by atoms with Gasteiger partial charge in [0, 0.05) is 18.6 Å². The molecular formula is C13H24N2O2. The van der Waals surface area contributed by atoms with Crippen LogP contribution in [0.1, 0.15) is 51.4 Å². The molecule has 2 aliphatic rings. The van der Waals surface area contributed by atoms with Crippen molar-refractivity contribution in [3.8, 4) is 0 Å². The molecule has 0 spiro atoms. The van der Waals surface area contributed by atoms with Crippen LogP contribution in [-0.4, -0.2) is 41.3 Å². The highest BCUT2D eigenvalue weighted by Gasteiger charge is 2.27. The number of hydrogen-bond donors (Lipinski definition) is 2. The van der Waals surface area contributed by atoms with Gasteiger partial charge in [0.1, 0.15) is 0 Å². The number of carbonyl (C=O) groups excluding carboxylic acids is 1. The minimum Gasteiger partial charge on any atom is -0.395 e. The summed E-state index contributed by atoms with van der Waals surface area (Å²) in [5.74, 6) is 0. The standard InChI is InChI=1S/C13H24N2O2/c16-10-9-15(12-7-2-1-3-8-12)13(17)14-11-5-4-6-11/h11-12,16H,1-10H2,(H,14,17). The monoisotopic (exact) mass is 240 g/mol. The van der Waals surface area contributed by atoms with Gasteiger partial charge in [-0.3, -0.25) is 0 Å². The molecule has 0 bridgehead atoms. The molecule has 2 N–H and O–H groups in total. The van der Waals surface area contributed by atoms with Crippen LogP contribution in [0.2, 0.25) is 0 Å². The van der Waals surface area contributed by atoms with Crippen LogP contribution in [-0.2, 0) is 0 Å².